The van der Waals surface area contributed by atoms with Gasteiger partial charge >= 0.3 is 0 Å². The molecule has 0 fully saturated rings. The molecule has 0 saturated heterocycles. The number of hydrogen-bond donors (Lipinski definition) is 2. The monoisotopic (exact) mass is 268 g/mol. The first-order valence-corrected chi connectivity index (χ1v) is 4.52. The van der Waals surface area contributed by atoms with Crippen LogP contribution in [0.5, 0.6) is 0 Å². The second kappa shape index (κ2) is 3.56. The molecule has 0 aromatic heterocycles. The third kappa shape index (κ3) is 1.85. The van der Waals surface area contributed by atoms with Gasteiger partial charge in [-0.15, -0.1) is 0 Å². The maximum absolute atomic E-state index is 8.72. The largest absolute Gasteiger partial charge is 0.325 e. The summed E-state index contributed by atoms with van der Waals surface area (Å²) in [5.74, 6) is 0. The van der Waals surface area contributed by atoms with Gasteiger partial charge in [-0.05, 0) is 34.7 Å². The lowest BCUT2D eigenvalue weighted by molar-refractivity contribution is -0.258. The Bertz CT molecular complexity index is 241. The van der Waals surface area contributed by atoms with Crippen LogP contribution in [0, 0.1) is 3.57 Å². The third-order valence-electron chi connectivity index (χ3n) is 1.13. The zero-order chi connectivity index (χ0) is 7.56. The van der Waals surface area contributed by atoms with Crippen molar-refractivity contribution in [1.82, 2.24) is 0 Å². The van der Waals surface area contributed by atoms with Gasteiger partial charge in [-0.2, -0.15) is 0 Å². The molecule has 0 aliphatic heterocycles. The first-order chi connectivity index (χ1) is 4.74. The van der Waals surface area contributed by atoms with Crippen molar-refractivity contribution in [3.8, 4) is 0 Å². The lowest BCUT2D eigenvalue weighted by Crippen LogP contribution is -2.40. The van der Waals surface area contributed by atoms with Gasteiger partial charge in [0, 0.05) is 21.7 Å². The van der Waals surface area contributed by atoms with Gasteiger partial charge < -0.3 is 10.3 Å². The van der Waals surface area contributed by atoms with Gasteiger partial charge in [0.05, 0.1) is 4.90 Å². The number of rotatable bonds is 1. The summed E-state index contributed by atoms with van der Waals surface area (Å²) in [5.41, 5.74) is 4.62. The lowest BCUT2D eigenvalue weighted by Gasteiger charge is -1.95. The Morgan fingerprint density at radius 1 is 1.50 bits per heavy atom. The minimum Gasteiger partial charge on any atom is -0.325 e. The number of benzene rings is 1. The Labute approximate surface area is 77.2 Å². The molecular weight excluding hydrogens is 261 g/mol. The molecule has 1 aromatic rings. The van der Waals surface area contributed by atoms with Crippen molar-refractivity contribution in [3.63, 3.8) is 0 Å². The SMILES string of the molecule is [NH3+]c1ccc(I)cc1SO. The first kappa shape index (κ1) is 8.32. The standard InChI is InChI=1S/C6H6INOS/c7-4-1-2-5(8)6(3-4)10-9/h1-3,9H,8H2/p+1. The maximum atomic E-state index is 8.72. The van der Waals surface area contributed by atoms with Gasteiger partial charge in [-0.3, -0.25) is 0 Å². The van der Waals surface area contributed by atoms with E-state index in [-0.39, 0.29) is 0 Å². The highest BCUT2D eigenvalue weighted by Gasteiger charge is 2.01. The Kier molecular flexibility index (Phi) is 2.96. The van der Waals surface area contributed by atoms with Crippen LogP contribution in [0.25, 0.3) is 0 Å². The highest BCUT2D eigenvalue weighted by Crippen LogP contribution is 2.22. The van der Waals surface area contributed by atoms with Crippen molar-refractivity contribution >= 4 is 40.3 Å². The molecule has 1 rings (SSSR count). The summed E-state index contributed by atoms with van der Waals surface area (Å²) < 4.78 is 9.83. The van der Waals surface area contributed by atoms with Crippen molar-refractivity contribution in [1.29, 1.82) is 0 Å². The molecule has 0 heterocycles. The summed E-state index contributed by atoms with van der Waals surface area (Å²) in [6, 6.07) is 5.75. The molecule has 54 valence electrons. The normalized spacial score (nSPS) is 9.90. The summed E-state index contributed by atoms with van der Waals surface area (Å²) in [4.78, 5) is 0.826. The fourth-order valence-electron chi connectivity index (χ4n) is 0.613. The third-order valence-corrected chi connectivity index (χ3v) is 2.38. The van der Waals surface area contributed by atoms with E-state index in [9.17, 15) is 0 Å². The average Bonchev–Trinajstić information content (AvgIpc) is 1.94. The molecule has 0 aliphatic carbocycles. The van der Waals surface area contributed by atoms with Gasteiger partial charge in [0.15, 0.2) is 0 Å². The molecule has 0 amide bonds. The van der Waals surface area contributed by atoms with E-state index in [1.807, 2.05) is 18.2 Å². The van der Waals surface area contributed by atoms with Crippen LogP contribution in [0.3, 0.4) is 0 Å². The van der Waals surface area contributed by atoms with Gasteiger partial charge in [-0.1, -0.05) is 0 Å². The molecule has 4 N–H and O–H groups in total. The van der Waals surface area contributed by atoms with Gasteiger partial charge in [-0.25, -0.2) is 0 Å². The molecule has 10 heavy (non-hydrogen) atoms. The Hall–Kier alpha value is 0.220. The predicted octanol–water partition coefficient (Wildman–Crippen LogP) is 1.73. The minimum absolute atomic E-state index is 0.742. The van der Waals surface area contributed by atoms with Crippen LogP contribution < -0.4 is 5.73 Å². The smallest absolute Gasteiger partial charge is 0.144 e. The van der Waals surface area contributed by atoms with Crippen molar-refractivity contribution < 1.29 is 10.3 Å². The van der Waals surface area contributed by atoms with Crippen LogP contribution in [0.2, 0.25) is 0 Å². The molecule has 0 bridgehead atoms. The van der Waals surface area contributed by atoms with Gasteiger partial charge in [0.1, 0.15) is 5.69 Å². The van der Waals surface area contributed by atoms with E-state index in [2.05, 4.69) is 28.3 Å². The predicted molar refractivity (Wildman–Crippen MR) is 50.2 cm³/mol. The van der Waals surface area contributed by atoms with E-state index in [0.29, 0.717) is 0 Å². The second-order valence-corrected chi connectivity index (χ2v) is 3.71. The summed E-state index contributed by atoms with van der Waals surface area (Å²) in [6.07, 6.45) is 0. The molecule has 0 spiro atoms. The lowest BCUT2D eigenvalue weighted by atomic mass is 10.3. The second-order valence-electron chi connectivity index (χ2n) is 1.84. The zero-order valence-corrected chi connectivity index (χ0v) is 8.15. The van der Waals surface area contributed by atoms with Crippen LogP contribution >= 0.6 is 34.6 Å². The summed E-state index contributed by atoms with van der Waals surface area (Å²) >= 11 is 2.94. The van der Waals surface area contributed by atoms with Gasteiger partial charge in [0.2, 0.25) is 0 Å². The van der Waals surface area contributed by atoms with Gasteiger partial charge in [0.25, 0.3) is 0 Å². The molecule has 1 aromatic carbocycles. The van der Waals surface area contributed by atoms with E-state index in [1.54, 1.807) is 0 Å². The summed E-state index contributed by atoms with van der Waals surface area (Å²) in [6.45, 7) is 0. The van der Waals surface area contributed by atoms with Crippen molar-refractivity contribution in [2.24, 2.45) is 0 Å². The minimum atomic E-state index is 0.742. The van der Waals surface area contributed by atoms with E-state index in [4.69, 9.17) is 4.55 Å². The van der Waals surface area contributed by atoms with Crippen LogP contribution in [0.1, 0.15) is 0 Å². The van der Waals surface area contributed by atoms with E-state index >= 15 is 0 Å². The number of halogens is 1. The Morgan fingerprint density at radius 3 is 2.70 bits per heavy atom. The summed E-state index contributed by atoms with van der Waals surface area (Å²) in [5, 5.41) is 0. The quantitative estimate of drug-likeness (QED) is 0.602. The van der Waals surface area contributed by atoms with E-state index < -0.39 is 0 Å². The Balaban J connectivity index is 3.09. The fourth-order valence-corrected chi connectivity index (χ4v) is 1.68. The molecule has 2 nitrogen and oxygen atoms in total. The molecule has 0 unspecified atom stereocenters. The van der Waals surface area contributed by atoms with Crippen molar-refractivity contribution in [2.75, 3.05) is 0 Å². The summed E-state index contributed by atoms with van der Waals surface area (Å²) in [7, 11) is 0. The van der Waals surface area contributed by atoms with E-state index in [1.165, 1.54) is 0 Å². The Morgan fingerprint density at radius 2 is 2.20 bits per heavy atom. The maximum Gasteiger partial charge on any atom is 0.144 e. The number of quaternary nitrogens is 1. The highest BCUT2D eigenvalue weighted by atomic mass is 127. The topological polar surface area (TPSA) is 47.9 Å². The van der Waals surface area contributed by atoms with Crippen LogP contribution in [0.15, 0.2) is 23.1 Å². The van der Waals surface area contributed by atoms with Crippen LogP contribution in [0.4, 0.5) is 5.69 Å². The van der Waals surface area contributed by atoms with Crippen molar-refractivity contribution in [3.05, 3.63) is 21.8 Å². The highest BCUT2D eigenvalue weighted by molar-refractivity contribution is 14.1. The number of hydrogen-bond acceptors (Lipinski definition) is 2. The first-order valence-electron chi connectivity index (χ1n) is 2.67. The van der Waals surface area contributed by atoms with Crippen LogP contribution in [-0.2, 0) is 0 Å². The average molecular weight is 268 g/mol. The van der Waals surface area contributed by atoms with Crippen molar-refractivity contribution in [2.45, 2.75) is 4.90 Å². The molecule has 0 radical (unpaired) electrons. The fraction of sp³-hybridized carbons (Fsp3) is 0. The molecule has 0 atom stereocenters. The molecule has 0 saturated carbocycles. The molecular formula is C6H7INOS+. The van der Waals surface area contributed by atoms with E-state index in [0.717, 1.165) is 26.2 Å². The van der Waals surface area contributed by atoms with Crippen LogP contribution in [-0.4, -0.2) is 4.55 Å². The molecule has 4 heteroatoms. The molecule has 0 aliphatic rings. The zero-order valence-electron chi connectivity index (χ0n) is 5.17.